The largest absolute Gasteiger partial charge is 0.454 e. The Balaban J connectivity index is 2.42. The molecule has 2 rings (SSSR count). The maximum Gasteiger partial charge on any atom is 0.167 e. The van der Waals surface area contributed by atoms with Crippen LogP contribution >= 0.6 is 11.6 Å². The molecule has 0 aromatic heterocycles. The fourth-order valence-corrected chi connectivity index (χ4v) is 2.19. The second-order valence-electron chi connectivity index (χ2n) is 4.68. The highest BCUT2D eigenvalue weighted by atomic mass is 35.5. The van der Waals surface area contributed by atoms with E-state index in [2.05, 4.69) is 5.32 Å². The zero-order valence-electron chi connectivity index (χ0n) is 11.7. The van der Waals surface area contributed by atoms with Crippen LogP contribution in [0.25, 0.3) is 0 Å². The van der Waals surface area contributed by atoms with E-state index < -0.39 is 0 Å². The molecule has 1 unspecified atom stereocenters. The van der Waals surface area contributed by atoms with Gasteiger partial charge < -0.3 is 10.1 Å². The van der Waals surface area contributed by atoms with E-state index in [0.29, 0.717) is 10.8 Å². The van der Waals surface area contributed by atoms with E-state index >= 15 is 0 Å². The van der Waals surface area contributed by atoms with Crippen LogP contribution in [0, 0.1) is 12.7 Å². The number of hydrogen-bond donors (Lipinski definition) is 1. The van der Waals surface area contributed by atoms with Crippen LogP contribution in [0.1, 0.15) is 24.1 Å². The van der Waals surface area contributed by atoms with Gasteiger partial charge in [-0.25, -0.2) is 4.39 Å². The normalized spacial score (nSPS) is 12.2. The average molecular weight is 294 g/mol. The first-order valence-corrected chi connectivity index (χ1v) is 6.80. The maximum atomic E-state index is 14.1. The first-order valence-electron chi connectivity index (χ1n) is 6.42. The second-order valence-corrected chi connectivity index (χ2v) is 5.12. The Labute approximate surface area is 123 Å². The Morgan fingerprint density at radius 3 is 2.65 bits per heavy atom. The molecular formula is C16H17ClFNO. The van der Waals surface area contributed by atoms with Gasteiger partial charge in [-0.1, -0.05) is 23.7 Å². The quantitative estimate of drug-likeness (QED) is 0.869. The summed E-state index contributed by atoms with van der Waals surface area (Å²) < 4.78 is 19.8. The van der Waals surface area contributed by atoms with Crippen molar-refractivity contribution in [3.8, 4) is 11.5 Å². The molecule has 1 atom stereocenters. The summed E-state index contributed by atoms with van der Waals surface area (Å²) in [6, 6.07) is 10.2. The van der Waals surface area contributed by atoms with Crippen LogP contribution in [-0.2, 0) is 0 Å². The number of ether oxygens (including phenoxy) is 1. The topological polar surface area (TPSA) is 21.3 Å². The van der Waals surface area contributed by atoms with Gasteiger partial charge >= 0.3 is 0 Å². The number of aryl methyl sites for hydroxylation is 1. The third kappa shape index (κ3) is 3.11. The number of benzene rings is 2. The number of rotatable bonds is 4. The molecule has 0 amide bonds. The summed E-state index contributed by atoms with van der Waals surface area (Å²) in [5, 5.41) is 3.72. The van der Waals surface area contributed by atoms with Gasteiger partial charge in [0.1, 0.15) is 5.75 Å². The summed E-state index contributed by atoms with van der Waals surface area (Å²) in [5.74, 6) is 0.475. The predicted octanol–water partition coefficient (Wildman–Crippen LogP) is 4.86. The molecule has 0 heterocycles. The van der Waals surface area contributed by atoms with Crippen LogP contribution in [0.4, 0.5) is 4.39 Å². The highest BCUT2D eigenvalue weighted by Crippen LogP contribution is 2.34. The first-order chi connectivity index (χ1) is 9.52. The molecule has 0 aliphatic heterocycles. The third-order valence-electron chi connectivity index (χ3n) is 3.25. The van der Waals surface area contributed by atoms with E-state index in [1.165, 1.54) is 6.07 Å². The van der Waals surface area contributed by atoms with Crippen molar-refractivity contribution in [3.05, 3.63) is 58.4 Å². The lowest BCUT2D eigenvalue weighted by Gasteiger charge is -2.17. The van der Waals surface area contributed by atoms with Crippen LogP contribution in [0.15, 0.2) is 36.4 Å². The molecular weight excluding hydrogens is 277 g/mol. The molecule has 4 heteroatoms. The number of hydrogen-bond acceptors (Lipinski definition) is 2. The van der Waals surface area contributed by atoms with Gasteiger partial charge in [0, 0.05) is 16.6 Å². The Kier molecular flexibility index (Phi) is 4.63. The first kappa shape index (κ1) is 14.8. The Bertz CT molecular complexity index is 615. The summed E-state index contributed by atoms with van der Waals surface area (Å²) in [6.07, 6.45) is 0. The molecule has 106 valence electrons. The summed E-state index contributed by atoms with van der Waals surface area (Å²) in [6.45, 7) is 3.83. The summed E-state index contributed by atoms with van der Waals surface area (Å²) in [7, 11) is 1.83. The van der Waals surface area contributed by atoms with Crippen LogP contribution in [-0.4, -0.2) is 7.05 Å². The Hall–Kier alpha value is -1.58. The molecule has 0 bridgehead atoms. The molecule has 0 aliphatic carbocycles. The van der Waals surface area contributed by atoms with Gasteiger partial charge in [0.15, 0.2) is 11.6 Å². The van der Waals surface area contributed by atoms with Gasteiger partial charge in [-0.15, -0.1) is 0 Å². The SMILES string of the molecule is CNC(C)c1cccc(F)c1Oc1ccc(Cl)cc1C. The van der Waals surface area contributed by atoms with Crippen molar-refractivity contribution < 1.29 is 9.13 Å². The smallest absolute Gasteiger partial charge is 0.167 e. The minimum absolute atomic E-state index is 0.00620. The summed E-state index contributed by atoms with van der Waals surface area (Å²) in [5.41, 5.74) is 1.64. The van der Waals surface area contributed by atoms with Gasteiger partial charge in [0.2, 0.25) is 0 Å². The summed E-state index contributed by atoms with van der Waals surface area (Å²) >= 11 is 5.92. The van der Waals surface area contributed by atoms with Gasteiger partial charge in [-0.2, -0.15) is 0 Å². The fraction of sp³-hybridized carbons (Fsp3) is 0.250. The predicted molar refractivity (Wildman–Crippen MR) is 80.1 cm³/mol. The van der Waals surface area contributed by atoms with Crippen molar-refractivity contribution in [1.29, 1.82) is 0 Å². The van der Waals surface area contributed by atoms with Gasteiger partial charge in [-0.3, -0.25) is 0 Å². The molecule has 0 aliphatic rings. The van der Waals surface area contributed by atoms with E-state index in [1.807, 2.05) is 27.0 Å². The van der Waals surface area contributed by atoms with E-state index in [-0.39, 0.29) is 17.6 Å². The number of nitrogens with one attached hydrogen (secondary N) is 1. The van der Waals surface area contributed by atoms with E-state index in [1.54, 1.807) is 24.3 Å². The monoisotopic (exact) mass is 293 g/mol. The lowest BCUT2D eigenvalue weighted by Crippen LogP contribution is -2.13. The van der Waals surface area contributed by atoms with Crippen LogP contribution < -0.4 is 10.1 Å². The minimum atomic E-state index is -0.376. The molecule has 0 radical (unpaired) electrons. The minimum Gasteiger partial charge on any atom is -0.454 e. The maximum absolute atomic E-state index is 14.1. The molecule has 0 saturated heterocycles. The van der Waals surface area contributed by atoms with Crippen molar-refractivity contribution in [2.75, 3.05) is 7.05 Å². The van der Waals surface area contributed by atoms with Crippen molar-refractivity contribution in [2.24, 2.45) is 0 Å². The molecule has 2 nitrogen and oxygen atoms in total. The van der Waals surface area contributed by atoms with Crippen molar-refractivity contribution in [1.82, 2.24) is 5.32 Å². The van der Waals surface area contributed by atoms with Gasteiger partial charge in [-0.05, 0) is 50.7 Å². The average Bonchev–Trinajstić information content (AvgIpc) is 2.42. The highest BCUT2D eigenvalue weighted by molar-refractivity contribution is 6.30. The van der Waals surface area contributed by atoms with Crippen molar-refractivity contribution in [2.45, 2.75) is 19.9 Å². The van der Waals surface area contributed by atoms with Gasteiger partial charge in [0.25, 0.3) is 0 Å². The van der Waals surface area contributed by atoms with Crippen LogP contribution in [0.5, 0.6) is 11.5 Å². The number of para-hydroxylation sites is 1. The van der Waals surface area contributed by atoms with E-state index in [9.17, 15) is 4.39 Å². The molecule has 0 spiro atoms. The van der Waals surface area contributed by atoms with Crippen molar-refractivity contribution in [3.63, 3.8) is 0 Å². The van der Waals surface area contributed by atoms with Crippen LogP contribution in [0.3, 0.4) is 0 Å². The highest BCUT2D eigenvalue weighted by Gasteiger charge is 2.16. The second kappa shape index (κ2) is 6.25. The fourth-order valence-electron chi connectivity index (χ4n) is 1.97. The molecule has 2 aromatic carbocycles. The third-order valence-corrected chi connectivity index (χ3v) is 3.48. The molecule has 20 heavy (non-hydrogen) atoms. The Morgan fingerprint density at radius 1 is 1.25 bits per heavy atom. The van der Waals surface area contributed by atoms with E-state index in [0.717, 1.165) is 11.1 Å². The molecule has 1 N–H and O–H groups in total. The van der Waals surface area contributed by atoms with Crippen molar-refractivity contribution >= 4 is 11.6 Å². The van der Waals surface area contributed by atoms with Gasteiger partial charge in [0.05, 0.1) is 0 Å². The lowest BCUT2D eigenvalue weighted by atomic mass is 10.1. The molecule has 0 saturated carbocycles. The zero-order valence-corrected chi connectivity index (χ0v) is 12.5. The molecule has 2 aromatic rings. The lowest BCUT2D eigenvalue weighted by molar-refractivity contribution is 0.426. The summed E-state index contributed by atoms with van der Waals surface area (Å²) in [4.78, 5) is 0. The van der Waals surface area contributed by atoms with E-state index in [4.69, 9.17) is 16.3 Å². The number of halogens is 2. The molecule has 0 fully saturated rings. The standard InChI is InChI=1S/C16H17ClFNO/c1-10-9-12(17)7-8-15(10)20-16-13(11(2)19-3)5-4-6-14(16)18/h4-9,11,19H,1-3H3. The Morgan fingerprint density at radius 2 is 2.00 bits per heavy atom. The zero-order chi connectivity index (χ0) is 14.7. The van der Waals surface area contributed by atoms with Crippen LogP contribution in [0.2, 0.25) is 5.02 Å².